The molecule has 0 saturated heterocycles. The maximum Gasteiger partial charge on any atom is 0.338 e. The number of hydrogen-bond donors (Lipinski definition) is 2. The van der Waals surface area contributed by atoms with Gasteiger partial charge in [-0.3, -0.25) is 0 Å². The summed E-state index contributed by atoms with van der Waals surface area (Å²) in [6.45, 7) is 2.27. The molecule has 3 aromatic rings. The standard InChI is InChI=1S/C28H33FN2O3S2/c1-3-4-5-6-18-7-9-19(10-8-18)20-11-13-21(14-12-20)27-30-26(17-35-27)36-31-24-16-23(29)22(28(32)33)15-25(24)34-2/h11-19,31H,3-10H2,1-2H3,(H,32,33). The Morgan fingerprint density at radius 3 is 2.61 bits per heavy atom. The number of benzene rings is 2. The Morgan fingerprint density at radius 2 is 1.94 bits per heavy atom. The van der Waals surface area contributed by atoms with Crippen LogP contribution in [0.2, 0.25) is 0 Å². The van der Waals surface area contributed by atoms with Crippen LogP contribution in [-0.4, -0.2) is 23.2 Å². The number of aromatic carboxylic acids is 1. The van der Waals surface area contributed by atoms with E-state index in [1.165, 1.54) is 82.1 Å². The molecule has 1 fully saturated rings. The van der Waals surface area contributed by atoms with Gasteiger partial charge in [0, 0.05) is 29.0 Å². The molecule has 192 valence electrons. The molecule has 1 aromatic heterocycles. The molecule has 1 aliphatic rings. The third-order valence-corrected chi connectivity index (χ3v) is 8.74. The SMILES string of the molecule is CCCCCC1CCC(c2ccc(-c3nc(SNc4cc(F)c(C(=O)O)cc4OC)cs3)cc2)CC1. The molecule has 1 aliphatic carbocycles. The molecule has 4 rings (SSSR count). The third-order valence-electron chi connectivity index (χ3n) is 6.96. The number of unbranched alkanes of at least 4 members (excludes halogenated alkanes) is 2. The van der Waals surface area contributed by atoms with Crippen LogP contribution in [0, 0.1) is 11.7 Å². The average molecular weight is 529 g/mol. The molecule has 36 heavy (non-hydrogen) atoms. The topological polar surface area (TPSA) is 71.5 Å². The zero-order valence-electron chi connectivity index (χ0n) is 20.8. The summed E-state index contributed by atoms with van der Waals surface area (Å²) in [5.74, 6) is -0.331. The summed E-state index contributed by atoms with van der Waals surface area (Å²) in [6.07, 6.45) is 10.7. The highest BCUT2D eigenvalue weighted by Crippen LogP contribution is 2.39. The van der Waals surface area contributed by atoms with Gasteiger partial charge in [0.05, 0.1) is 18.4 Å². The fraction of sp³-hybridized carbons (Fsp3) is 0.429. The number of hydrogen-bond acceptors (Lipinski definition) is 6. The zero-order chi connectivity index (χ0) is 25.5. The Morgan fingerprint density at radius 1 is 1.19 bits per heavy atom. The van der Waals surface area contributed by atoms with Gasteiger partial charge < -0.3 is 14.6 Å². The molecule has 0 atom stereocenters. The number of methoxy groups -OCH3 is 1. The number of rotatable bonds is 11. The minimum atomic E-state index is -1.34. The first kappa shape index (κ1) is 26.5. The van der Waals surface area contributed by atoms with Crippen molar-refractivity contribution in [3.05, 3.63) is 58.7 Å². The third kappa shape index (κ3) is 6.59. The molecule has 1 heterocycles. The van der Waals surface area contributed by atoms with E-state index in [2.05, 4.69) is 35.9 Å². The van der Waals surface area contributed by atoms with Crippen molar-refractivity contribution in [2.75, 3.05) is 11.8 Å². The van der Waals surface area contributed by atoms with Crippen LogP contribution >= 0.6 is 23.3 Å². The fourth-order valence-corrected chi connectivity index (χ4v) is 6.47. The molecule has 0 spiro atoms. The van der Waals surface area contributed by atoms with Gasteiger partial charge in [0.15, 0.2) is 0 Å². The second-order valence-corrected chi connectivity index (χ2v) is 11.1. The van der Waals surface area contributed by atoms with E-state index in [0.717, 1.165) is 27.6 Å². The molecular formula is C28H33FN2O3S2. The van der Waals surface area contributed by atoms with E-state index in [0.29, 0.717) is 11.6 Å². The van der Waals surface area contributed by atoms with Crippen LogP contribution in [0.15, 0.2) is 46.8 Å². The molecule has 5 nitrogen and oxygen atoms in total. The molecule has 8 heteroatoms. The number of aromatic nitrogens is 1. The maximum atomic E-state index is 14.1. The lowest BCUT2D eigenvalue weighted by Gasteiger charge is -2.29. The van der Waals surface area contributed by atoms with Crippen LogP contribution in [0.25, 0.3) is 10.6 Å². The van der Waals surface area contributed by atoms with Crippen LogP contribution in [0.3, 0.4) is 0 Å². The normalized spacial score (nSPS) is 17.6. The molecule has 0 unspecified atom stereocenters. The Balaban J connectivity index is 1.34. The first-order valence-electron chi connectivity index (χ1n) is 12.6. The largest absolute Gasteiger partial charge is 0.495 e. The Labute approximate surface area is 220 Å². The lowest BCUT2D eigenvalue weighted by Crippen LogP contribution is -2.13. The predicted octanol–water partition coefficient (Wildman–Crippen LogP) is 8.63. The summed E-state index contributed by atoms with van der Waals surface area (Å²) in [6, 6.07) is 11.1. The lowest BCUT2D eigenvalue weighted by molar-refractivity contribution is 0.0691. The monoisotopic (exact) mass is 528 g/mol. The number of thiazole rings is 1. The number of halogens is 1. The molecule has 0 bridgehead atoms. The van der Waals surface area contributed by atoms with Crippen LogP contribution < -0.4 is 9.46 Å². The highest BCUT2D eigenvalue weighted by molar-refractivity contribution is 8.00. The van der Waals surface area contributed by atoms with Gasteiger partial charge in [-0.2, -0.15) is 0 Å². The highest BCUT2D eigenvalue weighted by atomic mass is 32.2. The Kier molecular flexibility index (Phi) is 9.26. The fourth-order valence-electron chi connectivity index (χ4n) is 4.88. The van der Waals surface area contributed by atoms with Gasteiger partial charge in [0.1, 0.15) is 21.6 Å². The number of anilines is 1. The van der Waals surface area contributed by atoms with Crippen molar-refractivity contribution in [2.45, 2.75) is 69.2 Å². The first-order valence-corrected chi connectivity index (χ1v) is 14.3. The molecule has 0 aliphatic heterocycles. The average Bonchev–Trinajstić information content (AvgIpc) is 3.37. The smallest absolute Gasteiger partial charge is 0.338 e. The van der Waals surface area contributed by atoms with Gasteiger partial charge in [0.2, 0.25) is 0 Å². The van der Waals surface area contributed by atoms with E-state index in [1.807, 2.05) is 5.38 Å². The van der Waals surface area contributed by atoms with Crippen molar-refractivity contribution in [3.8, 4) is 16.3 Å². The van der Waals surface area contributed by atoms with E-state index >= 15 is 0 Å². The lowest BCUT2D eigenvalue weighted by atomic mass is 9.77. The number of nitrogens with one attached hydrogen (secondary N) is 1. The van der Waals surface area contributed by atoms with Gasteiger partial charge >= 0.3 is 5.97 Å². The van der Waals surface area contributed by atoms with E-state index < -0.39 is 17.3 Å². The van der Waals surface area contributed by atoms with Crippen molar-refractivity contribution >= 4 is 34.9 Å². The molecular weight excluding hydrogens is 495 g/mol. The van der Waals surface area contributed by atoms with E-state index in [-0.39, 0.29) is 5.75 Å². The van der Waals surface area contributed by atoms with Crippen LogP contribution in [0.1, 0.15) is 80.1 Å². The second-order valence-electron chi connectivity index (χ2n) is 9.37. The number of carboxylic acids is 1. The van der Waals surface area contributed by atoms with E-state index in [9.17, 15) is 9.18 Å². The molecule has 1 saturated carbocycles. The summed E-state index contributed by atoms with van der Waals surface area (Å²) in [5.41, 5.74) is 2.43. The molecule has 0 amide bonds. The number of carboxylic acid groups (broad SMARTS) is 1. The second kappa shape index (κ2) is 12.6. The van der Waals surface area contributed by atoms with Gasteiger partial charge in [-0.1, -0.05) is 56.9 Å². The van der Waals surface area contributed by atoms with Crippen LogP contribution in [-0.2, 0) is 0 Å². The van der Waals surface area contributed by atoms with Gasteiger partial charge in [-0.15, -0.1) is 11.3 Å². The van der Waals surface area contributed by atoms with Gasteiger partial charge in [0.25, 0.3) is 0 Å². The van der Waals surface area contributed by atoms with Crippen molar-refractivity contribution in [3.63, 3.8) is 0 Å². The van der Waals surface area contributed by atoms with E-state index in [1.54, 1.807) is 11.3 Å². The number of nitrogens with zero attached hydrogens (tertiary/aromatic N) is 1. The summed E-state index contributed by atoms with van der Waals surface area (Å²) >= 11 is 2.78. The maximum absolute atomic E-state index is 14.1. The quantitative estimate of drug-likeness (QED) is 0.192. The van der Waals surface area contributed by atoms with Crippen molar-refractivity contribution in [2.24, 2.45) is 5.92 Å². The number of carbonyl (C=O) groups is 1. The summed E-state index contributed by atoms with van der Waals surface area (Å²) in [5, 5.41) is 12.7. The Hall–Kier alpha value is -2.58. The molecule has 0 radical (unpaired) electrons. The summed E-state index contributed by atoms with van der Waals surface area (Å²) < 4.78 is 22.4. The summed E-state index contributed by atoms with van der Waals surface area (Å²) in [7, 11) is 1.42. The van der Waals surface area contributed by atoms with Crippen LogP contribution in [0.4, 0.5) is 10.1 Å². The van der Waals surface area contributed by atoms with Gasteiger partial charge in [-0.25, -0.2) is 14.2 Å². The van der Waals surface area contributed by atoms with Crippen molar-refractivity contribution in [1.29, 1.82) is 0 Å². The van der Waals surface area contributed by atoms with E-state index in [4.69, 9.17) is 14.8 Å². The summed E-state index contributed by atoms with van der Waals surface area (Å²) in [4.78, 5) is 15.9. The predicted molar refractivity (Wildman–Crippen MR) is 146 cm³/mol. The number of ether oxygens (including phenoxy) is 1. The van der Waals surface area contributed by atoms with Crippen molar-refractivity contribution < 1.29 is 19.0 Å². The Bertz CT molecular complexity index is 1160. The molecule has 2 N–H and O–H groups in total. The minimum absolute atomic E-state index is 0.252. The van der Waals surface area contributed by atoms with Crippen LogP contribution in [0.5, 0.6) is 5.75 Å². The minimum Gasteiger partial charge on any atom is -0.495 e. The molecule has 2 aromatic carbocycles. The first-order chi connectivity index (χ1) is 17.5. The van der Waals surface area contributed by atoms with Crippen molar-refractivity contribution in [1.82, 2.24) is 4.98 Å². The highest BCUT2D eigenvalue weighted by Gasteiger charge is 2.22. The van der Waals surface area contributed by atoms with Gasteiger partial charge in [-0.05, 0) is 49.1 Å². The zero-order valence-corrected chi connectivity index (χ0v) is 22.4.